The number of hydrogen-bond donors (Lipinski definition) is 1. The molecule has 0 spiro atoms. The smallest absolute Gasteiger partial charge is 0.264 e. The predicted molar refractivity (Wildman–Crippen MR) is 91.4 cm³/mol. The Bertz CT molecular complexity index is 954. The summed E-state index contributed by atoms with van der Waals surface area (Å²) in [6.45, 7) is 0.479. The van der Waals surface area contributed by atoms with Crippen LogP contribution in [-0.2, 0) is 20.0 Å². The van der Waals surface area contributed by atoms with Gasteiger partial charge in [-0.3, -0.25) is 9.03 Å². The second-order valence-corrected chi connectivity index (χ2v) is 8.90. The molecule has 0 radical (unpaired) electrons. The maximum Gasteiger partial charge on any atom is 0.264 e. The van der Waals surface area contributed by atoms with Gasteiger partial charge >= 0.3 is 0 Å². The van der Waals surface area contributed by atoms with Gasteiger partial charge in [0.05, 0.1) is 23.4 Å². The molecule has 1 aliphatic heterocycles. The van der Waals surface area contributed by atoms with E-state index >= 15 is 0 Å². The Balaban J connectivity index is 1.94. The zero-order valence-corrected chi connectivity index (χ0v) is 14.5. The first-order valence-electron chi connectivity index (χ1n) is 7.10. The van der Waals surface area contributed by atoms with Crippen molar-refractivity contribution in [3.05, 3.63) is 48.5 Å². The molecule has 1 N–H and O–H groups in total. The molecule has 2 aromatic carbocycles. The van der Waals surface area contributed by atoms with Gasteiger partial charge in [-0.2, -0.15) is 0 Å². The summed E-state index contributed by atoms with van der Waals surface area (Å²) < 4.78 is 57.3. The second-order valence-electron chi connectivity index (χ2n) is 5.29. The van der Waals surface area contributed by atoms with E-state index in [1.54, 1.807) is 24.3 Å². The third kappa shape index (κ3) is 3.31. The number of hydrogen-bond acceptors (Lipinski definition) is 5. The number of nitrogens with one attached hydrogen (secondary N) is 1. The number of fused-ring (bicyclic) bond motifs is 1. The summed E-state index contributed by atoms with van der Waals surface area (Å²) in [6.07, 6.45) is 1.03. The molecule has 128 valence electrons. The van der Waals surface area contributed by atoms with Crippen LogP contribution in [0.15, 0.2) is 53.4 Å². The quantitative estimate of drug-likeness (QED) is 0.886. The van der Waals surface area contributed by atoms with Crippen molar-refractivity contribution < 1.29 is 21.6 Å². The molecule has 3 rings (SSSR count). The van der Waals surface area contributed by atoms with E-state index < -0.39 is 20.0 Å². The molecule has 24 heavy (non-hydrogen) atoms. The molecular weight excluding hydrogens is 352 g/mol. The summed E-state index contributed by atoms with van der Waals surface area (Å²) in [5, 5.41) is 0. The summed E-state index contributed by atoms with van der Waals surface area (Å²) in [5.74, 6) is 0.516. The van der Waals surface area contributed by atoms with Crippen LogP contribution in [0.25, 0.3) is 0 Å². The molecule has 1 heterocycles. The van der Waals surface area contributed by atoms with E-state index in [-0.39, 0.29) is 18.0 Å². The minimum atomic E-state index is -3.76. The van der Waals surface area contributed by atoms with Crippen molar-refractivity contribution in [1.82, 2.24) is 0 Å². The Kier molecular flexibility index (Phi) is 4.14. The minimum absolute atomic E-state index is 0.0817. The topological polar surface area (TPSA) is 92.8 Å². The van der Waals surface area contributed by atoms with Crippen LogP contribution >= 0.6 is 0 Å². The molecule has 0 saturated heterocycles. The number of anilines is 2. The van der Waals surface area contributed by atoms with E-state index in [1.807, 2.05) is 0 Å². The van der Waals surface area contributed by atoms with Gasteiger partial charge in [0.2, 0.25) is 10.0 Å². The van der Waals surface area contributed by atoms with Crippen molar-refractivity contribution in [1.29, 1.82) is 0 Å². The van der Waals surface area contributed by atoms with Crippen molar-refractivity contribution in [2.75, 3.05) is 28.4 Å². The minimum Gasteiger partial charge on any atom is -0.489 e. The zero-order valence-electron chi connectivity index (χ0n) is 12.8. The number of benzene rings is 2. The lowest BCUT2D eigenvalue weighted by molar-refractivity contribution is 0.316. The van der Waals surface area contributed by atoms with Crippen LogP contribution in [0.2, 0.25) is 0 Å². The molecule has 0 unspecified atom stereocenters. The standard InChI is InChI=1S/C15H16N2O5S2/c1-23(18,19)16-12-6-8-13(9-7-12)24(20,21)17-10-11-22-15-5-3-2-4-14(15)17/h2-9,16H,10-11H2,1H3. The van der Waals surface area contributed by atoms with Crippen LogP contribution in [0.5, 0.6) is 5.75 Å². The number of para-hydroxylation sites is 2. The molecular formula is C15H16N2O5S2. The molecule has 1 aliphatic rings. The largest absolute Gasteiger partial charge is 0.489 e. The third-order valence-corrected chi connectivity index (χ3v) is 5.87. The maximum absolute atomic E-state index is 12.9. The van der Waals surface area contributed by atoms with Crippen molar-refractivity contribution in [3.8, 4) is 5.75 Å². The monoisotopic (exact) mass is 368 g/mol. The number of rotatable bonds is 4. The zero-order chi connectivity index (χ0) is 17.4. The highest BCUT2D eigenvalue weighted by Crippen LogP contribution is 2.34. The van der Waals surface area contributed by atoms with Gasteiger partial charge in [-0.25, -0.2) is 16.8 Å². The molecule has 0 amide bonds. The van der Waals surface area contributed by atoms with Gasteiger partial charge in [0, 0.05) is 5.69 Å². The lowest BCUT2D eigenvalue weighted by atomic mass is 10.2. The molecule has 0 bridgehead atoms. The second kappa shape index (κ2) is 5.99. The Morgan fingerprint density at radius 3 is 2.33 bits per heavy atom. The molecule has 0 atom stereocenters. The van der Waals surface area contributed by atoms with E-state index in [0.717, 1.165) is 6.26 Å². The molecule has 2 aromatic rings. The normalized spacial score (nSPS) is 14.6. The van der Waals surface area contributed by atoms with Crippen LogP contribution in [-0.4, -0.2) is 36.2 Å². The third-order valence-electron chi connectivity index (χ3n) is 3.43. The average molecular weight is 368 g/mol. The van der Waals surface area contributed by atoms with Crippen molar-refractivity contribution >= 4 is 31.4 Å². The van der Waals surface area contributed by atoms with E-state index in [1.165, 1.54) is 28.6 Å². The van der Waals surface area contributed by atoms with Gasteiger partial charge < -0.3 is 4.74 Å². The lowest BCUT2D eigenvalue weighted by Gasteiger charge is -2.30. The van der Waals surface area contributed by atoms with Gasteiger partial charge in [-0.1, -0.05) is 12.1 Å². The van der Waals surface area contributed by atoms with Crippen LogP contribution in [0.1, 0.15) is 0 Å². The molecule has 0 aliphatic carbocycles. The predicted octanol–water partition coefficient (Wildman–Crippen LogP) is 1.65. The summed E-state index contributed by atoms with van der Waals surface area (Å²) in [4.78, 5) is 0.0817. The first-order chi connectivity index (χ1) is 11.3. The molecule has 0 aromatic heterocycles. The van der Waals surface area contributed by atoms with Crippen LogP contribution in [0.4, 0.5) is 11.4 Å². The van der Waals surface area contributed by atoms with E-state index in [4.69, 9.17) is 4.74 Å². The summed E-state index contributed by atoms with van der Waals surface area (Å²) in [5.41, 5.74) is 0.793. The first kappa shape index (κ1) is 16.6. The summed E-state index contributed by atoms with van der Waals surface area (Å²) in [6, 6.07) is 12.5. The highest BCUT2D eigenvalue weighted by Gasteiger charge is 2.29. The van der Waals surface area contributed by atoms with Crippen molar-refractivity contribution in [2.45, 2.75) is 4.90 Å². The Morgan fingerprint density at radius 2 is 1.67 bits per heavy atom. The summed E-state index contributed by atoms with van der Waals surface area (Å²) >= 11 is 0. The average Bonchev–Trinajstić information content (AvgIpc) is 2.53. The van der Waals surface area contributed by atoms with Crippen molar-refractivity contribution in [2.24, 2.45) is 0 Å². The van der Waals surface area contributed by atoms with Crippen LogP contribution in [0.3, 0.4) is 0 Å². The SMILES string of the molecule is CS(=O)(=O)Nc1ccc(S(=O)(=O)N2CCOc3ccccc32)cc1. The highest BCUT2D eigenvalue weighted by atomic mass is 32.2. The highest BCUT2D eigenvalue weighted by molar-refractivity contribution is 7.93. The van der Waals surface area contributed by atoms with E-state index in [9.17, 15) is 16.8 Å². The first-order valence-corrected chi connectivity index (χ1v) is 10.4. The van der Waals surface area contributed by atoms with Gasteiger partial charge in [0.1, 0.15) is 12.4 Å². The van der Waals surface area contributed by atoms with Gasteiger partial charge in [0.25, 0.3) is 10.0 Å². The lowest BCUT2D eigenvalue weighted by Crippen LogP contribution is -2.37. The Labute approximate surface area is 141 Å². The van der Waals surface area contributed by atoms with Gasteiger partial charge in [-0.15, -0.1) is 0 Å². The number of ether oxygens (including phenoxy) is 1. The van der Waals surface area contributed by atoms with E-state index in [2.05, 4.69) is 4.72 Å². The molecule has 0 fully saturated rings. The molecule has 7 nitrogen and oxygen atoms in total. The van der Waals surface area contributed by atoms with Crippen LogP contribution < -0.4 is 13.8 Å². The van der Waals surface area contributed by atoms with Crippen molar-refractivity contribution in [3.63, 3.8) is 0 Å². The van der Waals surface area contributed by atoms with Gasteiger partial charge in [-0.05, 0) is 36.4 Å². The maximum atomic E-state index is 12.9. The fourth-order valence-electron chi connectivity index (χ4n) is 2.43. The molecule has 0 saturated carbocycles. The molecule has 9 heteroatoms. The van der Waals surface area contributed by atoms with E-state index in [0.29, 0.717) is 17.1 Å². The fourth-order valence-corrected chi connectivity index (χ4v) is 4.45. The van der Waals surface area contributed by atoms with Crippen LogP contribution in [0, 0.1) is 0 Å². The fraction of sp³-hybridized carbons (Fsp3) is 0.200. The van der Waals surface area contributed by atoms with Gasteiger partial charge in [0.15, 0.2) is 0 Å². The Morgan fingerprint density at radius 1 is 1.00 bits per heavy atom. The number of nitrogens with zero attached hydrogens (tertiary/aromatic N) is 1. The Hall–Kier alpha value is -2.26. The number of sulfonamides is 2. The summed E-state index contributed by atoms with van der Waals surface area (Å²) in [7, 11) is -7.17.